The average molecular weight is 265 g/mol. The minimum Gasteiger partial charge on any atom is -0.300 e. The second kappa shape index (κ2) is 4.22. The van der Waals surface area contributed by atoms with Gasteiger partial charge in [0, 0.05) is 4.88 Å². The Bertz CT molecular complexity index is 613. The molecule has 6 nitrogen and oxygen atoms in total. The number of hydrogen-bond acceptors (Lipinski definition) is 6. The topological polar surface area (TPSA) is 72.2 Å². The van der Waals surface area contributed by atoms with Crippen LogP contribution in [0.5, 0.6) is 0 Å². The van der Waals surface area contributed by atoms with Crippen molar-refractivity contribution in [3.8, 4) is 0 Å². The van der Waals surface area contributed by atoms with E-state index in [1.807, 2.05) is 17.5 Å². The predicted octanol–water partition coefficient (Wildman–Crippen LogP) is 1.43. The van der Waals surface area contributed by atoms with E-state index in [-0.39, 0.29) is 5.91 Å². The summed E-state index contributed by atoms with van der Waals surface area (Å²) in [5, 5.41) is 16.9. The number of amides is 1. The highest BCUT2D eigenvalue weighted by atomic mass is 32.1. The van der Waals surface area contributed by atoms with Crippen LogP contribution in [-0.4, -0.2) is 25.7 Å². The van der Waals surface area contributed by atoms with E-state index in [4.69, 9.17) is 0 Å². The van der Waals surface area contributed by atoms with Gasteiger partial charge in [0.2, 0.25) is 16.0 Å². The molecule has 0 bridgehead atoms. The second-order valence-electron chi connectivity index (χ2n) is 3.27. The zero-order chi connectivity index (χ0) is 11.7. The van der Waals surface area contributed by atoms with Crippen molar-refractivity contribution >= 4 is 38.7 Å². The lowest BCUT2D eigenvalue weighted by atomic mass is 10.3. The third-order valence-electron chi connectivity index (χ3n) is 2.05. The quantitative estimate of drug-likeness (QED) is 0.777. The van der Waals surface area contributed by atoms with Gasteiger partial charge in [0.15, 0.2) is 0 Å². The Kier molecular flexibility index (Phi) is 2.57. The number of anilines is 1. The molecule has 0 saturated heterocycles. The molecule has 0 aliphatic rings. The zero-order valence-corrected chi connectivity index (χ0v) is 10.2. The van der Waals surface area contributed by atoms with Crippen molar-refractivity contribution in [2.45, 2.75) is 6.42 Å². The number of aromatic nitrogens is 4. The Morgan fingerprint density at radius 2 is 2.47 bits per heavy atom. The van der Waals surface area contributed by atoms with Crippen molar-refractivity contribution in [3.63, 3.8) is 0 Å². The van der Waals surface area contributed by atoms with Gasteiger partial charge >= 0.3 is 0 Å². The molecule has 0 atom stereocenters. The van der Waals surface area contributed by atoms with Crippen LogP contribution in [0, 0.1) is 0 Å². The Morgan fingerprint density at radius 1 is 1.53 bits per heavy atom. The summed E-state index contributed by atoms with van der Waals surface area (Å²) in [5.41, 5.74) is 0. The molecule has 3 heterocycles. The van der Waals surface area contributed by atoms with E-state index in [9.17, 15) is 4.79 Å². The summed E-state index contributed by atoms with van der Waals surface area (Å²) >= 11 is 2.86. The van der Waals surface area contributed by atoms with Crippen LogP contribution in [0.15, 0.2) is 23.8 Å². The Morgan fingerprint density at radius 3 is 3.24 bits per heavy atom. The molecule has 3 rings (SSSR count). The van der Waals surface area contributed by atoms with Crippen molar-refractivity contribution in [2.24, 2.45) is 0 Å². The van der Waals surface area contributed by atoms with Crippen LogP contribution < -0.4 is 5.32 Å². The average Bonchev–Trinajstić information content (AvgIpc) is 2.92. The Labute approximate surface area is 104 Å². The first kappa shape index (κ1) is 10.4. The third-order valence-corrected chi connectivity index (χ3v) is 3.75. The molecule has 0 fully saturated rings. The molecular weight excluding hydrogens is 258 g/mol. The molecule has 1 amide bonds. The smallest absolute Gasteiger partial charge is 0.236 e. The van der Waals surface area contributed by atoms with Crippen LogP contribution >= 0.6 is 22.7 Å². The maximum atomic E-state index is 11.7. The number of rotatable bonds is 3. The van der Waals surface area contributed by atoms with E-state index in [2.05, 4.69) is 20.6 Å². The first-order valence-corrected chi connectivity index (χ1v) is 6.50. The number of carbonyl (C=O) groups excluding carboxylic acids is 1. The third kappa shape index (κ3) is 2.17. The van der Waals surface area contributed by atoms with Gasteiger partial charge in [-0.1, -0.05) is 17.4 Å². The Hall–Kier alpha value is -1.80. The van der Waals surface area contributed by atoms with Crippen LogP contribution in [0.2, 0.25) is 0 Å². The van der Waals surface area contributed by atoms with Crippen LogP contribution in [-0.2, 0) is 11.2 Å². The maximum absolute atomic E-state index is 11.7. The number of fused-ring (bicyclic) bond motifs is 1. The molecule has 17 heavy (non-hydrogen) atoms. The zero-order valence-electron chi connectivity index (χ0n) is 8.53. The molecule has 0 radical (unpaired) electrons. The molecule has 0 unspecified atom stereocenters. The first-order valence-electron chi connectivity index (χ1n) is 4.80. The van der Waals surface area contributed by atoms with Gasteiger partial charge in [-0.15, -0.1) is 26.6 Å². The van der Waals surface area contributed by atoms with Gasteiger partial charge in [0.1, 0.15) is 6.33 Å². The molecule has 1 N–H and O–H groups in total. The number of nitrogens with zero attached hydrogens (tertiary/aromatic N) is 4. The number of nitrogens with one attached hydrogen (secondary N) is 1. The SMILES string of the molecule is O=C(Cc1cccs1)Nc1nn2cnnc2s1. The van der Waals surface area contributed by atoms with E-state index >= 15 is 0 Å². The summed E-state index contributed by atoms with van der Waals surface area (Å²) in [6, 6.07) is 3.86. The molecule has 0 saturated carbocycles. The summed E-state index contributed by atoms with van der Waals surface area (Å²) in [4.78, 5) is 13.4. The van der Waals surface area contributed by atoms with Gasteiger partial charge in [-0.05, 0) is 11.4 Å². The highest BCUT2D eigenvalue weighted by molar-refractivity contribution is 7.20. The summed E-state index contributed by atoms with van der Waals surface area (Å²) in [7, 11) is 0. The molecule has 0 aliphatic heterocycles. The largest absolute Gasteiger partial charge is 0.300 e. The van der Waals surface area contributed by atoms with E-state index in [0.717, 1.165) is 4.88 Å². The highest BCUT2D eigenvalue weighted by Crippen LogP contribution is 2.17. The van der Waals surface area contributed by atoms with Crippen molar-refractivity contribution in [1.29, 1.82) is 0 Å². The van der Waals surface area contributed by atoms with Crippen LogP contribution in [0.1, 0.15) is 4.88 Å². The van der Waals surface area contributed by atoms with E-state index in [1.165, 1.54) is 22.2 Å². The van der Waals surface area contributed by atoms with Gasteiger partial charge in [-0.25, -0.2) is 0 Å². The van der Waals surface area contributed by atoms with Crippen LogP contribution in [0.4, 0.5) is 5.13 Å². The minimum atomic E-state index is -0.0718. The van der Waals surface area contributed by atoms with E-state index < -0.39 is 0 Å². The fourth-order valence-corrected chi connectivity index (χ4v) is 2.78. The van der Waals surface area contributed by atoms with Crippen molar-refractivity contribution in [1.82, 2.24) is 19.8 Å². The Balaban J connectivity index is 1.70. The van der Waals surface area contributed by atoms with Gasteiger partial charge in [0.05, 0.1) is 6.42 Å². The van der Waals surface area contributed by atoms with Crippen LogP contribution in [0.3, 0.4) is 0 Å². The number of thiophene rings is 1. The normalized spacial score (nSPS) is 10.8. The molecule has 86 valence electrons. The van der Waals surface area contributed by atoms with Crippen LogP contribution in [0.25, 0.3) is 4.96 Å². The molecule has 0 aromatic carbocycles. The molecule has 3 aromatic heterocycles. The summed E-state index contributed by atoms with van der Waals surface area (Å²) in [6.45, 7) is 0. The molecule has 0 spiro atoms. The lowest BCUT2D eigenvalue weighted by molar-refractivity contribution is -0.115. The maximum Gasteiger partial charge on any atom is 0.236 e. The highest BCUT2D eigenvalue weighted by Gasteiger charge is 2.09. The molecule has 8 heteroatoms. The summed E-state index contributed by atoms with van der Waals surface area (Å²) in [6.07, 6.45) is 1.87. The summed E-state index contributed by atoms with van der Waals surface area (Å²) in [5.74, 6) is -0.0718. The van der Waals surface area contributed by atoms with Crippen molar-refractivity contribution in [2.75, 3.05) is 5.32 Å². The van der Waals surface area contributed by atoms with E-state index in [1.54, 1.807) is 11.3 Å². The van der Waals surface area contributed by atoms with Crippen molar-refractivity contribution < 1.29 is 4.79 Å². The van der Waals surface area contributed by atoms with Crippen molar-refractivity contribution in [3.05, 3.63) is 28.7 Å². The van der Waals surface area contributed by atoms with Gasteiger partial charge in [-0.2, -0.15) is 4.52 Å². The van der Waals surface area contributed by atoms with E-state index in [0.29, 0.717) is 16.5 Å². The van der Waals surface area contributed by atoms with Gasteiger partial charge in [0.25, 0.3) is 0 Å². The molecular formula is C9H7N5OS2. The monoisotopic (exact) mass is 265 g/mol. The second-order valence-corrected chi connectivity index (χ2v) is 5.26. The fraction of sp³-hybridized carbons (Fsp3) is 0.111. The first-order chi connectivity index (χ1) is 8.31. The standard InChI is InChI=1S/C9H7N5OS2/c15-7(4-6-2-1-3-16-6)11-8-13-14-5-10-12-9(14)17-8/h1-3,5H,4H2,(H,11,13,15). The molecule has 0 aliphatic carbocycles. The summed E-state index contributed by atoms with van der Waals surface area (Å²) < 4.78 is 1.53. The predicted molar refractivity (Wildman–Crippen MR) is 65.3 cm³/mol. The lowest BCUT2D eigenvalue weighted by Gasteiger charge is -1.98. The van der Waals surface area contributed by atoms with Gasteiger partial charge in [-0.3, -0.25) is 4.79 Å². The van der Waals surface area contributed by atoms with Gasteiger partial charge < -0.3 is 5.32 Å². The minimum absolute atomic E-state index is 0.0718. The fourth-order valence-electron chi connectivity index (χ4n) is 1.35. The number of carbonyl (C=O) groups is 1. The molecule has 3 aromatic rings. The number of hydrogen-bond donors (Lipinski definition) is 1. The lowest BCUT2D eigenvalue weighted by Crippen LogP contribution is -2.13.